The molecular weight excluding hydrogens is 318 g/mol. The van der Waals surface area contributed by atoms with Crippen molar-refractivity contribution in [2.75, 3.05) is 13.1 Å². The first-order chi connectivity index (χ1) is 12.1. The number of nitrogens with zero attached hydrogens (tertiary/aromatic N) is 5. The van der Waals surface area contributed by atoms with Crippen molar-refractivity contribution in [3.05, 3.63) is 56.1 Å². The molecule has 0 radical (unpaired) electrons. The van der Waals surface area contributed by atoms with Gasteiger partial charge in [0.1, 0.15) is 0 Å². The van der Waals surface area contributed by atoms with Gasteiger partial charge < -0.3 is 4.57 Å². The van der Waals surface area contributed by atoms with E-state index in [1.165, 1.54) is 12.6 Å². The molecule has 1 fully saturated rings. The lowest BCUT2D eigenvalue weighted by atomic mass is 9.96. The summed E-state index contributed by atoms with van der Waals surface area (Å²) in [5.41, 5.74) is 3.08. The number of hydrogen-bond acceptors (Lipinski definition) is 5. The Morgan fingerprint density at radius 1 is 1.16 bits per heavy atom. The summed E-state index contributed by atoms with van der Waals surface area (Å²) in [5.74, 6) is 0.444. The summed E-state index contributed by atoms with van der Waals surface area (Å²) >= 11 is 0. The summed E-state index contributed by atoms with van der Waals surface area (Å²) in [6.07, 6.45) is 7.46. The van der Waals surface area contributed by atoms with Gasteiger partial charge in [-0.1, -0.05) is 0 Å². The summed E-state index contributed by atoms with van der Waals surface area (Å²) in [4.78, 5) is 30.1. The van der Waals surface area contributed by atoms with E-state index < -0.39 is 0 Å². The predicted octanol–water partition coefficient (Wildman–Crippen LogP) is 0.348. The van der Waals surface area contributed by atoms with Crippen molar-refractivity contribution < 1.29 is 0 Å². The van der Waals surface area contributed by atoms with E-state index in [1.54, 1.807) is 28.6 Å². The Morgan fingerprint density at radius 2 is 1.96 bits per heavy atom. The molecule has 3 heterocycles. The first-order valence-corrected chi connectivity index (χ1v) is 8.92. The van der Waals surface area contributed by atoms with Crippen molar-refractivity contribution >= 4 is 0 Å². The number of hydrogen-bond donors (Lipinski definition) is 0. The molecule has 1 aliphatic carbocycles. The maximum absolute atomic E-state index is 12.3. The van der Waals surface area contributed by atoms with Crippen molar-refractivity contribution in [1.82, 2.24) is 24.2 Å². The summed E-state index contributed by atoms with van der Waals surface area (Å²) in [5, 5.41) is 4.60. The van der Waals surface area contributed by atoms with Crippen LogP contribution in [0.1, 0.15) is 29.8 Å². The minimum atomic E-state index is -0.0944. The van der Waals surface area contributed by atoms with Crippen molar-refractivity contribution in [2.45, 2.75) is 38.8 Å². The van der Waals surface area contributed by atoms with E-state index in [0.717, 1.165) is 55.8 Å². The van der Waals surface area contributed by atoms with Crippen LogP contribution in [0.2, 0.25) is 0 Å². The molecule has 0 amide bonds. The zero-order chi connectivity index (χ0) is 17.4. The second-order valence-electron chi connectivity index (χ2n) is 7.23. The van der Waals surface area contributed by atoms with E-state index >= 15 is 0 Å². The molecule has 4 rings (SSSR count). The van der Waals surface area contributed by atoms with Crippen LogP contribution in [0, 0.1) is 5.92 Å². The molecule has 0 unspecified atom stereocenters. The Labute approximate surface area is 145 Å². The third-order valence-corrected chi connectivity index (χ3v) is 5.15. The van der Waals surface area contributed by atoms with Gasteiger partial charge in [-0.25, -0.2) is 4.68 Å². The van der Waals surface area contributed by atoms with E-state index in [4.69, 9.17) is 0 Å². The van der Waals surface area contributed by atoms with Crippen LogP contribution in [0.4, 0.5) is 0 Å². The molecule has 0 spiro atoms. The Morgan fingerprint density at radius 3 is 2.76 bits per heavy atom. The van der Waals surface area contributed by atoms with Gasteiger partial charge in [0.25, 0.3) is 11.1 Å². The second kappa shape index (κ2) is 6.55. The fourth-order valence-corrected chi connectivity index (χ4v) is 3.76. The highest BCUT2D eigenvalue weighted by Crippen LogP contribution is 2.20. The number of rotatable bonds is 4. The lowest BCUT2D eigenvalue weighted by Gasteiger charge is -2.39. The first kappa shape index (κ1) is 16.2. The molecular formula is C18H23N5O2. The van der Waals surface area contributed by atoms with E-state index in [2.05, 4.69) is 15.0 Å². The lowest BCUT2D eigenvalue weighted by Crippen LogP contribution is -2.49. The molecule has 0 saturated carbocycles. The molecule has 2 aromatic heterocycles. The zero-order valence-corrected chi connectivity index (χ0v) is 14.5. The van der Waals surface area contributed by atoms with Gasteiger partial charge in [-0.2, -0.15) is 5.10 Å². The molecule has 1 saturated heterocycles. The van der Waals surface area contributed by atoms with E-state index in [1.807, 2.05) is 0 Å². The molecule has 0 N–H and O–H groups in total. The van der Waals surface area contributed by atoms with Gasteiger partial charge in [-0.3, -0.25) is 19.5 Å². The summed E-state index contributed by atoms with van der Waals surface area (Å²) in [6, 6.07) is 1.78. The zero-order valence-electron chi connectivity index (χ0n) is 14.5. The first-order valence-electron chi connectivity index (χ1n) is 8.92. The fourth-order valence-electron chi connectivity index (χ4n) is 3.76. The fraction of sp³-hybridized carbons (Fsp3) is 0.556. The van der Waals surface area contributed by atoms with Gasteiger partial charge in [0.2, 0.25) is 0 Å². The maximum Gasteiger partial charge on any atom is 0.268 e. The normalized spacial score (nSPS) is 18.0. The van der Waals surface area contributed by atoms with Gasteiger partial charge in [-0.15, -0.1) is 0 Å². The standard InChI is InChI=1S/C18H23N5O2/c1-21-11-15(19-7-18(21)25)12-22-8-13(9-22)10-23-17(24)6-14-4-2-3-5-16(14)20-23/h6-7,11,13H,2-5,8-10,12H2,1H3. The molecule has 1 aliphatic heterocycles. The van der Waals surface area contributed by atoms with Crippen molar-refractivity contribution in [1.29, 1.82) is 0 Å². The monoisotopic (exact) mass is 341 g/mol. The van der Waals surface area contributed by atoms with Crippen molar-refractivity contribution in [2.24, 2.45) is 13.0 Å². The summed E-state index contributed by atoms with van der Waals surface area (Å²) < 4.78 is 3.20. The average Bonchev–Trinajstić information content (AvgIpc) is 2.56. The number of likely N-dealkylation sites (tertiary alicyclic amines) is 1. The lowest BCUT2D eigenvalue weighted by molar-refractivity contribution is 0.0749. The van der Waals surface area contributed by atoms with Gasteiger partial charge in [0.15, 0.2) is 0 Å². The highest BCUT2D eigenvalue weighted by Gasteiger charge is 2.28. The molecule has 132 valence electrons. The maximum atomic E-state index is 12.3. The van der Waals surface area contributed by atoms with Gasteiger partial charge >= 0.3 is 0 Å². The quantitative estimate of drug-likeness (QED) is 0.802. The van der Waals surface area contributed by atoms with Crippen LogP contribution in [0.5, 0.6) is 0 Å². The molecule has 0 atom stereocenters. The number of aromatic nitrogens is 4. The van der Waals surface area contributed by atoms with E-state index in [9.17, 15) is 9.59 Å². The smallest absolute Gasteiger partial charge is 0.268 e. The Balaban J connectivity index is 1.36. The molecule has 2 aliphatic rings. The Hall–Kier alpha value is -2.28. The highest BCUT2D eigenvalue weighted by atomic mass is 16.1. The van der Waals surface area contributed by atoms with Gasteiger partial charge in [-0.05, 0) is 31.2 Å². The molecule has 7 nitrogen and oxygen atoms in total. The topological polar surface area (TPSA) is 73.0 Å². The van der Waals surface area contributed by atoms with Crippen LogP contribution in [0.25, 0.3) is 0 Å². The summed E-state index contributed by atoms with van der Waals surface area (Å²) in [7, 11) is 1.74. The van der Waals surface area contributed by atoms with Crippen LogP contribution in [0.3, 0.4) is 0 Å². The highest BCUT2D eigenvalue weighted by molar-refractivity contribution is 5.20. The Kier molecular flexibility index (Phi) is 4.25. The van der Waals surface area contributed by atoms with Crippen LogP contribution in [-0.4, -0.2) is 37.3 Å². The number of fused-ring (bicyclic) bond motifs is 1. The SMILES string of the molecule is Cn1cc(CN2CC(Cn3nc4c(cc3=O)CCCC4)C2)ncc1=O. The molecule has 25 heavy (non-hydrogen) atoms. The predicted molar refractivity (Wildman–Crippen MR) is 93.4 cm³/mol. The van der Waals surface area contributed by atoms with Gasteiger partial charge in [0.05, 0.1) is 24.1 Å². The Bertz CT molecular complexity index is 895. The average molecular weight is 341 g/mol. The van der Waals surface area contributed by atoms with Crippen LogP contribution in [0.15, 0.2) is 28.0 Å². The van der Waals surface area contributed by atoms with Crippen LogP contribution < -0.4 is 11.1 Å². The molecule has 0 aromatic carbocycles. The largest absolute Gasteiger partial charge is 0.315 e. The molecule has 2 aromatic rings. The van der Waals surface area contributed by atoms with Crippen molar-refractivity contribution in [3.8, 4) is 0 Å². The number of aryl methyl sites for hydroxylation is 3. The van der Waals surface area contributed by atoms with E-state index in [0.29, 0.717) is 12.5 Å². The van der Waals surface area contributed by atoms with Crippen LogP contribution >= 0.6 is 0 Å². The third-order valence-electron chi connectivity index (χ3n) is 5.15. The third kappa shape index (κ3) is 3.42. The second-order valence-corrected chi connectivity index (χ2v) is 7.23. The van der Waals surface area contributed by atoms with Crippen molar-refractivity contribution in [3.63, 3.8) is 0 Å². The minimum Gasteiger partial charge on any atom is -0.315 e. The van der Waals surface area contributed by atoms with Crippen LogP contribution in [-0.2, 0) is 33.0 Å². The minimum absolute atomic E-state index is 0.0267. The van der Waals surface area contributed by atoms with E-state index in [-0.39, 0.29) is 11.1 Å². The summed E-state index contributed by atoms with van der Waals surface area (Å²) in [6.45, 7) is 3.27. The van der Waals surface area contributed by atoms with Gasteiger partial charge in [0, 0.05) is 44.9 Å². The molecule has 0 bridgehead atoms. The molecule has 7 heteroatoms.